The van der Waals surface area contributed by atoms with E-state index in [1.165, 1.54) is 23.3 Å². The van der Waals surface area contributed by atoms with Crippen LogP contribution in [0.4, 0.5) is 17.3 Å². The molecule has 2 aromatic carbocycles. The first-order valence-electron chi connectivity index (χ1n) is 10.5. The van der Waals surface area contributed by atoms with Gasteiger partial charge >= 0.3 is 0 Å². The van der Waals surface area contributed by atoms with Gasteiger partial charge < -0.3 is 5.32 Å². The van der Waals surface area contributed by atoms with Crippen molar-refractivity contribution in [3.63, 3.8) is 0 Å². The highest BCUT2D eigenvalue weighted by atomic mass is 32.3. The fourth-order valence-corrected chi connectivity index (χ4v) is 7.31. The molecule has 34 heavy (non-hydrogen) atoms. The Bertz CT molecular complexity index is 1570. The Morgan fingerprint density at radius 1 is 0.971 bits per heavy atom. The average molecular weight is 499 g/mol. The highest BCUT2D eigenvalue weighted by Gasteiger charge is 2.28. The van der Waals surface area contributed by atoms with E-state index in [0.717, 1.165) is 30.7 Å². The van der Waals surface area contributed by atoms with Crippen molar-refractivity contribution in [2.24, 2.45) is 0 Å². The van der Waals surface area contributed by atoms with E-state index in [1.807, 2.05) is 16.8 Å². The number of nitrogens with zero attached hydrogens (tertiary/aromatic N) is 5. The molecule has 1 aliphatic rings. The molecule has 0 fully saturated rings. The monoisotopic (exact) mass is 498 g/mol. The largest absolute Gasteiger partial charge is 0.324 e. The second-order valence-corrected chi connectivity index (χ2v) is 12.1. The molecule has 0 amide bonds. The Morgan fingerprint density at radius 2 is 1.68 bits per heavy atom. The summed E-state index contributed by atoms with van der Waals surface area (Å²) in [5.41, 5.74) is 3.86. The molecule has 4 aromatic rings. The van der Waals surface area contributed by atoms with Gasteiger partial charge in [0.05, 0.1) is 35.8 Å². The van der Waals surface area contributed by atoms with E-state index in [4.69, 9.17) is 0 Å². The molecule has 0 aliphatic heterocycles. The zero-order chi connectivity index (χ0) is 24.1. The summed E-state index contributed by atoms with van der Waals surface area (Å²) in [6.45, 7) is 0. The van der Waals surface area contributed by atoms with Gasteiger partial charge in [0.2, 0.25) is 26.0 Å². The maximum atomic E-state index is 12.0. The first kappa shape index (κ1) is 22.3. The molecule has 1 N–H and O–H groups in total. The second kappa shape index (κ2) is 8.06. The number of benzene rings is 2. The molecule has 5 rings (SSSR count). The Kier molecular flexibility index (Phi) is 5.29. The van der Waals surface area contributed by atoms with Gasteiger partial charge in [-0.25, -0.2) is 26.5 Å². The van der Waals surface area contributed by atoms with E-state index < -0.39 is 20.0 Å². The number of rotatable bonds is 6. The summed E-state index contributed by atoms with van der Waals surface area (Å²) in [7, 11) is -8.02. The van der Waals surface area contributed by atoms with Crippen molar-refractivity contribution in [2.45, 2.75) is 18.9 Å². The quantitative estimate of drug-likeness (QED) is 0.430. The topological polar surface area (TPSA) is 127 Å². The van der Waals surface area contributed by atoms with Gasteiger partial charge in [0.15, 0.2) is 5.65 Å². The summed E-state index contributed by atoms with van der Waals surface area (Å²) >= 11 is 0. The van der Waals surface area contributed by atoms with Crippen LogP contribution in [0, 0.1) is 0 Å². The van der Waals surface area contributed by atoms with Crippen molar-refractivity contribution in [3.8, 4) is 0 Å². The molecule has 176 valence electrons. The highest BCUT2D eigenvalue weighted by molar-refractivity contribution is 8.09. The van der Waals surface area contributed by atoms with Crippen LogP contribution < -0.4 is 9.03 Å². The second-order valence-electron chi connectivity index (χ2n) is 8.21. The van der Waals surface area contributed by atoms with Crippen LogP contribution in [-0.4, -0.2) is 49.1 Å². The zero-order valence-corrected chi connectivity index (χ0v) is 20.1. The fourth-order valence-electron chi connectivity index (χ4n) is 4.34. The molecule has 10 nitrogen and oxygen atoms in total. The first-order chi connectivity index (χ1) is 16.1. The van der Waals surface area contributed by atoms with Crippen molar-refractivity contribution in [3.05, 3.63) is 72.1 Å². The van der Waals surface area contributed by atoms with E-state index in [1.54, 1.807) is 24.5 Å². The molecule has 0 bridgehead atoms. The van der Waals surface area contributed by atoms with Crippen LogP contribution in [0.1, 0.15) is 23.6 Å². The van der Waals surface area contributed by atoms with Crippen LogP contribution in [0.25, 0.3) is 11.0 Å². The van der Waals surface area contributed by atoms with Gasteiger partial charge in [-0.05, 0) is 48.2 Å². The van der Waals surface area contributed by atoms with Crippen LogP contribution in [0.15, 0.2) is 60.9 Å². The zero-order valence-electron chi connectivity index (χ0n) is 18.5. The Hall–Kier alpha value is -3.51. The lowest BCUT2D eigenvalue weighted by atomic mass is 10.1. The minimum absolute atomic E-state index is 0.0184. The summed E-state index contributed by atoms with van der Waals surface area (Å²) in [4.78, 5) is 9.00. The average Bonchev–Trinajstić information content (AvgIpc) is 3.36. The van der Waals surface area contributed by atoms with Crippen molar-refractivity contribution in [1.29, 1.82) is 0 Å². The van der Waals surface area contributed by atoms with E-state index in [0.29, 0.717) is 21.0 Å². The number of sulfonamides is 2. The number of nitrogens with one attached hydrogen (secondary N) is 1. The van der Waals surface area contributed by atoms with Crippen LogP contribution in [0.2, 0.25) is 0 Å². The predicted molar refractivity (Wildman–Crippen MR) is 130 cm³/mol. The van der Waals surface area contributed by atoms with Crippen molar-refractivity contribution >= 4 is 48.4 Å². The summed E-state index contributed by atoms with van der Waals surface area (Å²) < 4.78 is 50.2. The molecule has 0 radical (unpaired) electrons. The number of hydrogen-bond acceptors (Lipinski definition) is 8. The van der Waals surface area contributed by atoms with Crippen LogP contribution in [0.5, 0.6) is 0 Å². The van der Waals surface area contributed by atoms with Gasteiger partial charge in [0.25, 0.3) is 0 Å². The SMILES string of the molecule is CS(=O)(=O)N(c1ccc(Nc2ncc3cnn([C@H]4CCc5ccccc54)c3n2)cc1)S(C)(=O)=O. The first-order valence-corrected chi connectivity index (χ1v) is 14.2. The van der Waals surface area contributed by atoms with Gasteiger partial charge in [-0.3, -0.25) is 0 Å². The van der Waals surface area contributed by atoms with E-state index in [2.05, 4.69) is 32.5 Å². The van der Waals surface area contributed by atoms with E-state index >= 15 is 0 Å². The third-order valence-electron chi connectivity index (χ3n) is 5.67. The lowest BCUT2D eigenvalue weighted by molar-refractivity contribution is 0.533. The summed E-state index contributed by atoms with van der Waals surface area (Å²) in [5.74, 6) is 0.344. The minimum atomic E-state index is -4.01. The number of anilines is 3. The number of aromatic nitrogens is 4. The molecule has 2 aromatic heterocycles. The highest BCUT2D eigenvalue weighted by Crippen LogP contribution is 2.35. The maximum Gasteiger partial charge on any atom is 0.245 e. The van der Waals surface area contributed by atoms with Crippen LogP contribution in [-0.2, 0) is 26.5 Å². The van der Waals surface area contributed by atoms with Gasteiger partial charge in [0.1, 0.15) is 0 Å². The molecule has 0 spiro atoms. The van der Waals surface area contributed by atoms with Crippen LogP contribution in [0.3, 0.4) is 0 Å². The maximum absolute atomic E-state index is 12.0. The Labute approximate surface area is 197 Å². The number of hydrogen-bond donors (Lipinski definition) is 1. The molecule has 0 unspecified atom stereocenters. The molecule has 12 heteroatoms. The third kappa shape index (κ3) is 4.10. The van der Waals surface area contributed by atoms with Gasteiger partial charge in [-0.1, -0.05) is 24.3 Å². The Morgan fingerprint density at radius 3 is 2.38 bits per heavy atom. The molecule has 0 saturated heterocycles. The van der Waals surface area contributed by atoms with Gasteiger partial charge in [-0.15, -0.1) is 0 Å². The van der Waals surface area contributed by atoms with Crippen molar-refractivity contribution in [1.82, 2.24) is 19.7 Å². The molecular weight excluding hydrogens is 476 g/mol. The summed E-state index contributed by atoms with van der Waals surface area (Å²) in [6.07, 6.45) is 7.06. The lowest BCUT2D eigenvalue weighted by Crippen LogP contribution is -2.35. The predicted octanol–water partition coefficient (Wildman–Crippen LogP) is 2.83. The minimum Gasteiger partial charge on any atom is -0.324 e. The molecule has 2 heterocycles. The standard InChI is InChI=1S/C22H22N6O4S2/c1-33(29,30)28(34(2,31)32)18-10-8-17(9-11-18)25-22-23-13-16-14-24-27(21(16)26-22)20-12-7-15-5-3-4-6-19(15)20/h3-6,8-11,13-14,20H,7,12H2,1-2H3,(H,23,25,26)/t20-/m0/s1. The van der Waals surface area contributed by atoms with Crippen LogP contribution >= 0.6 is 0 Å². The molecule has 1 aliphatic carbocycles. The van der Waals surface area contributed by atoms with Crippen molar-refractivity contribution < 1.29 is 16.8 Å². The molecule has 0 saturated carbocycles. The van der Waals surface area contributed by atoms with E-state index in [9.17, 15) is 16.8 Å². The Balaban J connectivity index is 1.44. The van der Waals surface area contributed by atoms with Gasteiger partial charge in [0, 0.05) is 11.9 Å². The smallest absolute Gasteiger partial charge is 0.245 e. The van der Waals surface area contributed by atoms with E-state index in [-0.39, 0.29) is 11.7 Å². The third-order valence-corrected chi connectivity index (χ3v) is 8.92. The fraction of sp³-hybridized carbons (Fsp3) is 0.227. The summed E-state index contributed by atoms with van der Waals surface area (Å²) in [6, 6.07) is 14.4. The van der Waals surface area contributed by atoms with Crippen molar-refractivity contribution in [2.75, 3.05) is 21.5 Å². The summed E-state index contributed by atoms with van der Waals surface area (Å²) in [5, 5.41) is 8.48. The molecular formula is C22H22N6O4S2. The molecule has 1 atom stereocenters. The van der Waals surface area contributed by atoms with Gasteiger partial charge in [-0.2, -0.15) is 13.8 Å². The number of aryl methyl sites for hydroxylation is 1. The normalized spacial score (nSPS) is 15.9. The lowest BCUT2D eigenvalue weighted by Gasteiger charge is -2.20. The number of fused-ring (bicyclic) bond motifs is 2.